The van der Waals surface area contributed by atoms with Gasteiger partial charge in [-0.25, -0.2) is 0 Å². The zero-order chi connectivity index (χ0) is 10.8. The summed E-state index contributed by atoms with van der Waals surface area (Å²) in [7, 11) is 0. The van der Waals surface area contributed by atoms with Crippen LogP contribution in [0.4, 0.5) is 0 Å². The Labute approximate surface area is 84.9 Å². The Kier molecular flexibility index (Phi) is 3.02. The summed E-state index contributed by atoms with van der Waals surface area (Å²) in [5, 5.41) is 10.3. The zero-order valence-corrected chi connectivity index (χ0v) is 9.08. The number of nitrogens with two attached hydrogens (primary N) is 1. The molecule has 1 aromatic rings. The molecule has 0 fully saturated rings. The van der Waals surface area contributed by atoms with Crippen LogP contribution in [0, 0.1) is 5.41 Å². The van der Waals surface area contributed by atoms with E-state index in [2.05, 4.69) is 0 Å². The molecule has 0 aliphatic heterocycles. The first-order chi connectivity index (χ1) is 6.39. The molecule has 3 heteroatoms. The van der Waals surface area contributed by atoms with Gasteiger partial charge in [-0.2, -0.15) is 0 Å². The average molecular weight is 197 g/mol. The molecular formula is C11H19NO2. The molecule has 1 unspecified atom stereocenters. The molecule has 0 aliphatic rings. The summed E-state index contributed by atoms with van der Waals surface area (Å²) in [5.74, 6) is 0.771. The SMILES string of the molecule is CC(C)(C)C(O)(CN)Cc1ccco1. The minimum Gasteiger partial charge on any atom is -0.469 e. The topological polar surface area (TPSA) is 59.4 Å². The van der Waals surface area contributed by atoms with Crippen LogP contribution < -0.4 is 5.73 Å². The van der Waals surface area contributed by atoms with Crippen LogP contribution in [-0.4, -0.2) is 17.3 Å². The standard InChI is InChI=1S/C11H19NO2/c1-10(2,3)11(13,8-12)7-9-5-4-6-14-9/h4-6,13H,7-8,12H2,1-3H3. The highest BCUT2D eigenvalue weighted by Crippen LogP contribution is 2.32. The minimum atomic E-state index is -0.912. The van der Waals surface area contributed by atoms with E-state index in [1.165, 1.54) is 0 Å². The molecule has 0 bridgehead atoms. The Morgan fingerprint density at radius 3 is 2.43 bits per heavy atom. The molecule has 80 valence electrons. The van der Waals surface area contributed by atoms with Crippen LogP contribution in [0.3, 0.4) is 0 Å². The first-order valence-corrected chi connectivity index (χ1v) is 4.84. The monoisotopic (exact) mass is 197 g/mol. The van der Waals surface area contributed by atoms with Crippen molar-refractivity contribution in [3.63, 3.8) is 0 Å². The maximum atomic E-state index is 10.3. The van der Waals surface area contributed by atoms with Gasteiger partial charge in [0.2, 0.25) is 0 Å². The predicted molar refractivity (Wildman–Crippen MR) is 55.9 cm³/mol. The van der Waals surface area contributed by atoms with E-state index in [0.717, 1.165) is 5.76 Å². The van der Waals surface area contributed by atoms with E-state index in [0.29, 0.717) is 6.42 Å². The van der Waals surface area contributed by atoms with Crippen LogP contribution in [0.25, 0.3) is 0 Å². The van der Waals surface area contributed by atoms with Crippen molar-refractivity contribution in [3.05, 3.63) is 24.2 Å². The molecule has 0 aromatic carbocycles. The molecule has 1 rings (SSSR count). The number of aliphatic hydroxyl groups is 1. The lowest BCUT2D eigenvalue weighted by atomic mass is 9.74. The van der Waals surface area contributed by atoms with Crippen LogP contribution in [0.2, 0.25) is 0 Å². The lowest BCUT2D eigenvalue weighted by Crippen LogP contribution is -2.50. The van der Waals surface area contributed by atoms with Gasteiger partial charge in [-0.05, 0) is 17.5 Å². The highest BCUT2D eigenvalue weighted by Gasteiger charge is 2.39. The van der Waals surface area contributed by atoms with Gasteiger partial charge in [-0.1, -0.05) is 20.8 Å². The maximum absolute atomic E-state index is 10.3. The van der Waals surface area contributed by atoms with E-state index in [-0.39, 0.29) is 12.0 Å². The van der Waals surface area contributed by atoms with Gasteiger partial charge in [0.25, 0.3) is 0 Å². The van der Waals surface area contributed by atoms with Gasteiger partial charge in [0.05, 0.1) is 11.9 Å². The zero-order valence-electron chi connectivity index (χ0n) is 9.08. The first kappa shape index (κ1) is 11.3. The first-order valence-electron chi connectivity index (χ1n) is 4.84. The van der Waals surface area contributed by atoms with E-state index in [1.807, 2.05) is 32.9 Å². The smallest absolute Gasteiger partial charge is 0.106 e. The van der Waals surface area contributed by atoms with Gasteiger partial charge < -0.3 is 15.3 Å². The third-order valence-electron chi connectivity index (χ3n) is 2.78. The molecule has 0 radical (unpaired) electrons. The van der Waals surface area contributed by atoms with Crippen LogP contribution in [0.1, 0.15) is 26.5 Å². The van der Waals surface area contributed by atoms with E-state index in [4.69, 9.17) is 10.2 Å². The van der Waals surface area contributed by atoms with Gasteiger partial charge in [0, 0.05) is 13.0 Å². The molecule has 1 atom stereocenters. The maximum Gasteiger partial charge on any atom is 0.106 e. The third-order valence-corrected chi connectivity index (χ3v) is 2.78. The lowest BCUT2D eigenvalue weighted by Gasteiger charge is -2.38. The molecule has 1 aromatic heterocycles. The summed E-state index contributed by atoms with van der Waals surface area (Å²) in [6.07, 6.45) is 2.06. The number of rotatable bonds is 3. The Balaban J connectivity index is 2.82. The van der Waals surface area contributed by atoms with Crippen molar-refractivity contribution in [2.45, 2.75) is 32.8 Å². The summed E-state index contributed by atoms with van der Waals surface area (Å²) in [5.41, 5.74) is 4.45. The Morgan fingerprint density at radius 1 is 1.43 bits per heavy atom. The molecule has 3 nitrogen and oxygen atoms in total. The highest BCUT2D eigenvalue weighted by atomic mass is 16.3. The fourth-order valence-electron chi connectivity index (χ4n) is 1.34. The lowest BCUT2D eigenvalue weighted by molar-refractivity contribution is -0.0523. The van der Waals surface area contributed by atoms with Gasteiger partial charge in [0.15, 0.2) is 0 Å². The minimum absolute atomic E-state index is 0.233. The third kappa shape index (κ3) is 2.16. The van der Waals surface area contributed by atoms with Gasteiger partial charge in [-0.3, -0.25) is 0 Å². The number of furan rings is 1. The highest BCUT2D eigenvalue weighted by molar-refractivity contribution is 5.06. The van der Waals surface area contributed by atoms with Crippen molar-refractivity contribution in [2.24, 2.45) is 11.1 Å². The second kappa shape index (κ2) is 3.75. The van der Waals surface area contributed by atoms with Crippen LogP contribution in [0.5, 0.6) is 0 Å². The molecule has 0 saturated heterocycles. The van der Waals surface area contributed by atoms with Crippen molar-refractivity contribution >= 4 is 0 Å². The summed E-state index contributed by atoms with van der Waals surface area (Å²) in [6.45, 7) is 6.16. The van der Waals surface area contributed by atoms with Crippen LogP contribution in [-0.2, 0) is 6.42 Å². The molecular weight excluding hydrogens is 178 g/mol. The normalized spacial score (nSPS) is 16.6. The van der Waals surface area contributed by atoms with Crippen molar-refractivity contribution < 1.29 is 9.52 Å². The molecule has 14 heavy (non-hydrogen) atoms. The molecule has 0 spiro atoms. The Bertz CT molecular complexity index is 274. The largest absolute Gasteiger partial charge is 0.469 e. The molecule has 3 N–H and O–H groups in total. The van der Waals surface area contributed by atoms with Gasteiger partial charge in [-0.15, -0.1) is 0 Å². The van der Waals surface area contributed by atoms with E-state index in [1.54, 1.807) is 6.26 Å². The summed E-state index contributed by atoms with van der Waals surface area (Å²) in [4.78, 5) is 0. The molecule has 0 aliphatic carbocycles. The van der Waals surface area contributed by atoms with E-state index >= 15 is 0 Å². The summed E-state index contributed by atoms with van der Waals surface area (Å²) >= 11 is 0. The Morgan fingerprint density at radius 2 is 2.07 bits per heavy atom. The fraction of sp³-hybridized carbons (Fsp3) is 0.636. The quantitative estimate of drug-likeness (QED) is 0.773. The summed E-state index contributed by atoms with van der Waals surface area (Å²) < 4.78 is 5.21. The number of hydrogen-bond acceptors (Lipinski definition) is 3. The predicted octanol–water partition coefficient (Wildman–Crippen LogP) is 1.56. The van der Waals surface area contributed by atoms with E-state index in [9.17, 15) is 5.11 Å². The second-order valence-corrected chi connectivity index (χ2v) is 4.74. The molecule has 0 saturated carbocycles. The number of hydrogen-bond donors (Lipinski definition) is 2. The van der Waals surface area contributed by atoms with Crippen molar-refractivity contribution in [1.82, 2.24) is 0 Å². The fourth-order valence-corrected chi connectivity index (χ4v) is 1.34. The van der Waals surface area contributed by atoms with Crippen molar-refractivity contribution in [3.8, 4) is 0 Å². The van der Waals surface area contributed by atoms with Crippen LogP contribution >= 0.6 is 0 Å². The Hall–Kier alpha value is -0.800. The second-order valence-electron chi connectivity index (χ2n) is 4.74. The van der Waals surface area contributed by atoms with Gasteiger partial charge in [0.1, 0.15) is 5.76 Å². The van der Waals surface area contributed by atoms with Crippen molar-refractivity contribution in [1.29, 1.82) is 0 Å². The molecule has 0 amide bonds. The van der Waals surface area contributed by atoms with Crippen LogP contribution in [0.15, 0.2) is 22.8 Å². The molecule has 1 heterocycles. The average Bonchev–Trinajstić information content (AvgIpc) is 2.54. The summed E-state index contributed by atoms with van der Waals surface area (Å²) in [6, 6.07) is 3.67. The van der Waals surface area contributed by atoms with Crippen molar-refractivity contribution in [2.75, 3.05) is 6.54 Å². The van der Waals surface area contributed by atoms with E-state index < -0.39 is 5.60 Å². The van der Waals surface area contributed by atoms with Gasteiger partial charge >= 0.3 is 0 Å².